The molecule has 0 aliphatic rings. The monoisotopic (exact) mass is 373 g/mol. The maximum absolute atomic E-state index is 12.5. The van der Waals surface area contributed by atoms with E-state index < -0.39 is 0 Å². The van der Waals surface area contributed by atoms with Crippen molar-refractivity contribution in [2.24, 2.45) is 7.05 Å². The first kappa shape index (κ1) is 18.4. The Hall–Kier alpha value is -2.35. The Morgan fingerprint density at radius 3 is 2.69 bits per heavy atom. The lowest BCUT2D eigenvalue weighted by Crippen LogP contribution is -2.46. The summed E-state index contributed by atoms with van der Waals surface area (Å²) in [4.78, 5) is 25.0. The number of hydrogen-bond acceptors (Lipinski definition) is 5. The van der Waals surface area contributed by atoms with Crippen molar-refractivity contribution in [3.05, 3.63) is 34.6 Å². The summed E-state index contributed by atoms with van der Waals surface area (Å²) in [7, 11) is 1.67. The molecule has 0 saturated carbocycles. The van der Waals surface area contributed by atoms with Crippen LogP contribution < -0.4 is 10.9 Å². The molecule has 1 atom stereocenters. The van der Waals surface area contributed by atoms with Crippen LogP contribution in [-0.4, -0.2) is 35.9 Å². The maximum Gasteiger partial charge on any atom is 0.262 e. The largest absolute Gasteiger partial charge is 0.350 e. The van der Waals surface area contributed by atoms with E-state index >= 15 is 0 Å². The van der Waals surface area contributed by atoms with Crippen LogP contribution in [0.3, 0.4) is 0 Å². The number of para-hydroxylation sites is 1. The number of aromatic nitrogens is 4. The molecule has 0 aliphatic carbocycles. The van der Waals surface area contributed by atoms with Crippen LogP contribution in [0.15, 0.2) is 34.2 Å². The number of carbonyl (C=O) groups is 1. The van der Waals surface area contributed by atoms with Crippen molar-refractivity contribution in [1.82, 2.24) is 24.5 Å². The van der Waals surface area contributed by atoms with Crippen molar-refractivity contribution in [3.8, 4) is 0 Å². The minimum absolute atomic E-state index is 0.0484. The third kappa shape index (κ3) is 3.21. The van der Waals surface area contributed by atoms with Gasteiger partial charge < -0.3 is 5.32 Å². The fraction of sp³-hybridized carbons (Fsp3) is 0.444. The molecule has 1 aromatic carbocycles. The lowest BCUT2D eigenvalue weighted by molar-refractivity contribution is -0.121. The Bertz CT molecular complexity index is 1040. The van der Waals surface area contributed by atoms with Gasteiger partial charge in [-0.3, -0.25) is 18.6 Å². The number of thioether (sulfide) groups is 1. The molecule has 0 spiro atoms. The number of rotatable bonds is 5. The highest BCUT2D eigenvalue weighted by atomic mass is 32.2. The van der Waals surface area contributed by atoms with Gasteiger partial charge in [0.05, 0.1) is 16.2 Å². The zero-order chi connectivity index (χ0) is 19.1. The second-order valence-electron chi connectivity index (χ2n) is 6.99. The van der Waals surface area contributed by atoms with Gasteiger partial charge in [-0.05, 0) is 39.3 Å². The van der Waals surface area contributed by atoms with Crippen molar-refractivity contribution in [2.75, 3.05) is 0 Å². The highest BCUT2D eigenvalue weighted by Gasteiger charge is 2.24. The Morgan fingerprint density at radius 2 is 2.00 bits per heavy atom. The van der Waals surface area contributed by atoms with Crippen molar-refractivity contribution in [1.29, 1.82) is 0 Å². The highest BCUT2D eigenvalue weighted by Crippen LogP contribution is 2.25. The summed E-state index contributed by atoms with van der Waals surface area (Å²) in [5, 5.41) is 12.3. The van der Waals surface area contributed by atoms with Crippen molar-refractivity contribution < 1.29 is 4.79 Å². The van der Waals surface area contributed by atoms with Gasteiger partial charge >= 0.3 is 0 Å². The molecule has 1 unspecified atom stereocenters. The number of carbonyl (C=O) groups excluding carboxylic acids is 1. The van der Waals surface area contributed by atoms with Gasteiger partial charge in [0.1, 0.15) is 0 Å². The number of amides is 1. The predicted molar refractivity (Wildman–Crippen MR) is 104 cm³/mol. The van der Waals surface area contributed by atoms with E-state index in [1.54, 1.807) is 13.1 Å². The maximum atomic E-state index is 12.5. The molecule has 138 valence electrons. The van der Waals surface area contributed by atoms with Crippen LogP contribution in [0.2, 0.25) is 0 Å². The second kappa shape index (κ2) is 6.75. The normalized spacial score (nSPS) is 13.3. The molecular weight excluding hydrogens is 350 g/mol. The molecule has 2 aromatic heterocycles. The molecule has 0 saturated heterocycles. The van der Waals surface area contributed by atoms with E-state index in [0.29, 0.717) is 16.3 Å². The van der Waals surface area contributed by atoms with Crippen molar-refractivity contribution in [3.63, 3.8) is 0 Å². The third-order valence-corrected chi connectivity index (χ3v) is 5.64. The molecule has 3 rings (SSSR count). The fourth-order valence-electron chi connectivity index (χ4n) is 2.62. The average molecular weight is 373 g/mol. The summed E-state index contributed by atoms with van der Waals surface area (Å²) in [6, 6.07) is 7.35. The first-order valence-corrected chi connectivity index (χ1v) is 9.44. The standard InChI is InChI=1S/C18H23N5O2S/c1-6-18(3,4)19-14(24)11(2)26-17-21-20-16-22(5)15(25)12-9-7-8-10-13(12)23(16)17/h7-11H,6H2,1-5H3,(H,19,24). The van der Waals surface area contributed by atoms with Crippen LogP contribution in [0.5, 0.6) is 0 Å². The van der Waals surface area contributed by atoms with Crippen molar-refractivity contribution in [2.45, 2.75) is 50.1 Å². The van der Waals surface area contributed by atoms with Gasteiger partial charge in [-0.2, -0.15) is 0 Å². The number of nitrogens with zero attached hydrogens (tertiary/aromatic N) is 4. The predicted octanol–water partition coefficient (Wildman–Crippen LogP) is 2.37. The molecule has 26 heavy (non-hydrogen) atoms. The number of benzene rings is 1. The number of fused-ring (bicyclic) bond motifs is 3. The summed E-state index contributed by atoms with van der Waals surface area (Å²) in [5.41, 5.74) is 0.363. The minimum Gasteiger partial charge on any atom is -0.350 e. The Morgan fingerprint density at radius 1 is 1.31 bits per heavy atom. The molecular formula is C18H23N5O2S. The Labute approximate surface area is 155 Å². The van der Waals surface area contributed by atoms with Gasteiger partial charge in [0.15, 0.2) is 5.16 Å². The smallest absolute Gasteiger partial charge is 0.262 e. The molecule has 2 heterocycles. The molecule has 3 aromatic rings. The Kier molecular flexibility index (Phi) is 4.79. The zero-order valence-corrected chi connectivity index (χ0v) is 16.4. The summed E-state index contributed by atoms with van der Waals surface area (Å²) >= 11 is 1.33. The number of hydrogen-bond donors (Lipinski definition) is 1. The molecule has 7 nitrogen and oxygen atoms in total. The SMILES string of the molecule is CCC(C)(C)NC(=O)C(C)Sc1nnc2n(C)c(=O)c3ccccc3n12. The molecule has 1 amide bonds. The van der Waals surface area contributed by atoms with Gasteiger partial charge in [-0.1, -0.05) is 30.8 Å². The van der Waals surface area contributed by atoms with E-state index in [1.807, 2.05) is 50.3 Å². The zero-order valence-electron chi connectivity index (χ0n) is 15.6. The van der Waals surface area contributed by atoms with Crippen LogP contribution in [0.4, 0.5) is 0 Å². The third-order valence-electron chi connectivity index (χ3n) is 4.59. The summed E-state index contributed by atoms with van der Waals surface area (Å²) in [6.45, 7) is 7.88. The molecule has 1 N–H and O–H groups in total. The van der Waals surface area contributed by atoms with E-state index in [9.17, 15) is 9.59 Å². The number of aryl methyl sites for hydroxylation is 1. The highest BCUT2D eigenvalue weighted by molar-refractivity contribution is 8.00. The van der Waals surface area contributed by atoms with E-state index in [0.717, 1.165) is 11.9 Å². The van der Waals surface area contributed by atoms with Gasteiger partial charge in [-0.25, -0.2) is 0 Å². The van der Waals surface area contributed by atoms with Crippen LogP contribution in [0, 0.1) is 0 Å². The molecule has 0 fully saturated rings. The van der Waals surface area contributed by atoms with Gasteiger partial charge in [0.2, 0.25) is 11.7 Å². The van der Waals surface area contributed by atoms with E-state index in [4.69, 9.17) is 0 Å². The Balaban J connectivity index is 2.02. The second-order valence-corrected chi connectivity index (χ2v) is 8.29. The molecule has 0 bridgehead atoms. The van der Waals surface area contributed by atoms with E-state index in [1.165, 1.54) is 16.3 Å². The molecule has 0 radical (unpaired) electrons. The quantitative estimate of drug-likeness (QED) is 0.695. The van der Waals surface area contributed by atoms with Gasteiger partial charge in [0, 0.05) is 12.6 Å². The van der Waals surface area contributed by atoms with Gasteiger partial charge in [0.25, 0.3) is 5.56 Å². The lowest BCUT2D eigenvalue weighted by Gasteiger charge is -2.26. The topological polar surface area (TPSA) is 81.3 Å². The minimum atomic E-state index is -0.343. The van der Waals surface area contributed by atoms with Crippen molar-refractivity contribution >= 4 is 34.3 Å². The van der Waals surface area contributed by atoms with E-state index in [2.05, 4.69) is 15.5 Å². The van der Waals surface area contributed by atoms with Gasteiger partial charge in [-0.15, -0.1) is 10.2 Å². The lowest BCUT2D eigenvalue weighted by atomic mass is 10.0. The van der Waals surface area contributed by atoms with E-state index in [-0.39, 0.29) is 22.3 Å². The van der Waals surface area contributed by atoms with Crippen LogP contribution in [0.25, 0.3) is 16.7 Å². The first-order valence-electron chi connectivity index (χ1n) is 8.56. The summed E-state index contributed by atoms with van der Waals surface area (Å²) in [5.74, 6) is 0.408. The molecule has 8 heteroatoms. The summed E-state index contributed by atoms with van der Waals surface area (Å²) < 4.78 is 3.31. The average Bonchev–Trinajstić information content (AvgIpc) is 3.03. The van der Waals surface area contributed by atoms with Crippen LogP contribution in [0.1, 0.15) is 34.1 Å². The number of nitrogens with one attached hydrogen (secondary N) is 1. The van der Waals surface area contributed by atoms with Crippen LogP contribution in [-0.2, 0) is 11.8 Å². The fourth-order valence-corrected chi connectivity index (χ4v) is 3.48. The van der Waals surface area contributed by atoms with Crippen LogP contribution >= 0.6 is 11.8 Å². The molecule has 0 aliphatic heterocycles. The summed E-state index contributed by atoms with van der Waals surface area (Å²) in [6.07, 6.45) is 0.844. The first-order chi connectivity index (χ1) is 12.2.